The van der Waals surface area contributed by atoms with E-state index in [0.717, 1.165) is 12.8 Å². The molecule has 0 unspecified atom stereocenters. The van der Waals surface area contributed by atoms with Crippen LogP contribution in [0.4, 0.5) is 0 Å². The molecule has 0 bridgehead atoms. The lowest BCUT2D eigenvalue weighted by Crippen LogP contribution is -1.92. The minimum absolute atomic E-state index is 0.676. The summed E-state index contributed by atoms with van der Waals surface area (Å²) in [5, 5.41) is 8.02. The van der Waals surface area contributed by atoms with Crippen LogP contribution in [0.25, 0.3) is 0 Å². The van der Waals surface area contributed by atoms with Gasteiger partial charge in [0, 0.05) is 0 Å². The second-order valence-corrected chi connectivity index (χ2v) is 1.41. The smallest absolute Gasteiger partial charge is 0.445 e. The molecule has 1 saturated carbocycles. The highest BCUT2D eigenvalue weighted by Gasteiger charge is 2.45. The molecule has 1 rings (SSSR count). The molecule has 2 nitrogen and oxygen atoms in total. The van der Waals surface area contributed by atoms with E-state index in [1.165, 1.54) is 0 Å². The number of hydrogen-bond donors (Lipinski definition) is 1. The Morgan fingerprint density at radius 1 is 1.67 bits per heavy atom. The van der Waals surface area contributed by atoms with E-state index >= 15 is 0 Å². The van der Waals surface area contributed by atoms with Gasteiger partial charge in [0.1, 0.15) is 12.8 Å². The predicted molar refractivity (Wildman–Crippen MR) is 20.1 cm³/mol. The van der Waals surface area contributed by atoms with Crippen molar-refractivity contribution < 1.29 is 9.90 Å². The fourth-order valence-electron chi connectivity index (χ4n) is 0.276. The maximum absolute atomic E-state index is 9.72. The molecule has 2 heteroatoms. The first kappa shape index (κ1) is 3.53. The van der Waals surface area contributed by atoms with Crippen LogP contribution < -0.4 is 0 Å². The molecular weight excluding hydrogens is 80.0 g/mol. The lowest BCUT2D eigenvalue weighted by atomic mass is 10.5. The zero-order valence-electron chi connectivity index (χ0n) is 3.27. The Kier molecular flexibility index (Phi) is 0.528. The quantitative estimate of drug-likeness (QED) is 0.469. The largest absolute Gasteiger partial charge is 0.496 e. The number of aliphatic carboxylic acids is 1. The molecule has 0 aliphatic heterocycles. The zero-order chi connectivity index (χ0) is 4.57. The Hall–Kier alpha value is -0.660. The highest BCUT2D eigenvalue weighted by molar-refractivity contribution is 5.86. The van der Waals surface area contributed by atoms with Gasteiger partial charge in [-0.15, -0.1) is 0 Å². The van der Waals surface area contributed by atoms with E-state index in [1.807, 2.05) is 0 Å². The summed E-state index contributed by atoms with van der Waals surface area (Å²) in [7, 11) is 0. The van der Waals surface area contributed by atoms with Crippen molar-refractivity contribution in [3.8, 4) is 0 Å². The van der Waals surface area contributed by atoms with Crippen molar-refractivity contribution in [3.63, 3.8) is 0 Å². The van der Waals surface area contributed by atoms with Gasteiger partial charge in [-0.2, -0.15) is 4.79 Å². The Morgan fingerprint density at radius 2 is 2.17 bits per heavy atom. The Bertz CT molecular complexity index is 73.6. The van der Waals surface area contributed by atoms with E-state index in [2.05, 4.69) is 0 Å². The van der Waals surface area contributed by atoms with Crippen molar-refractivity contribution in [2.24, 2.45) is 0 Å². The van der Waals surface area contributed by atoms with Gasteiger partial charge in [-0.25, -0.2) is 0 Å². The summed E-state index contributed by atoms with van der Waals surface area (Å²) < 4.78 is 0. The number of rotatable bonds is 1. The molecule has 6 heavy (non-hydrogen) atoms. The van der Waals surface area contributed by atoms with E-state index in [0.29, 0.717) is 5.92 Å². The molecule has 0 amide bonds. The van der Waals surface area contributed by atoms with Crippen molar-refractivity contribution in [1.82, 2.24) is 0 Å². The summed E-state index contributed by atoms with van der Waals surface area (Å²) in [6, 6.07) is 0. The molecular formula is C4H5O2+. The van der Waals surface area contributed by atoms with Crippen molar-refractivity contribution in [1.29, 1.82) is 0 Å². The summed E-state index contributed by atoms with van der Waals surface area (Å²) in [5.74, 6) is -0.0370. The molecule has 0 aromatic rings. The van der Waals surface area contributed by atoms with E-state index in [-0.39, 0.29) is 0 Å². The normalized spacial score (nSPS) is 17.7. The van der Waals surface area contributed by atoms with Gasteiger partial charge in [0.15, 0.2) is 0 Å². The van der Waals surface area contributed by atoms with Crippen LogP contribution in [-0.4, -0.2) is 11.1 Å². The SMILES string of the molecule is O=C(O)[C+]1CC1. The summed E-state index contributed by atoms with van der Waals surface area (Å²) in [6.45, 7) is 0. The lowest BCUT2D eigenvalue weighted by molar-refractivity contribution is -0.133. The van der Waals surface area contributed by atoms with Gasteiger partial charge in [0.2, 0.25) is 5.92 Å². The molecule has 0 aromatic heterocycles. The third-order valence-electron chi connectivity index (χ3n) is 0.802. The summed E-state index contributed by atoms with van der Waals surface area (Å²) >= 11 is 0. The zero-order valence-corrected chi connectivity index (χ0v) is 3.27. The monoisotopic (exact) mass is 85.0 g/mol. The summed E-state index contributed by atoms with van der Waals surface area (Å²) in [6.07, 6.45) is 1.63. The van der Waals surface area contributed by atoms with E-state index in [9.17, 15) is 4.79 Å². The summed E-state index contributed by atoms with van der Waals surface area (Å²) in [4.78, 5) is 9.72. The molecule has 0 saturated heterocycles. The van der Waals surface area contributed by atoms with Gasteiger partial charge in [0.25, 0.3) is 0 Å². The average Bonchev–Trinajstić information content (AvgIpc) is 2.06. The average molecular weight is 85.1 g/mol. The fourth-order valence-corrected chi connectivity index (χ4v) is 0.276. The van der Waals surface area contributed by atoms with Crippen molar-refractivity contribution in [3.05, 3.63) is 5.92 Å². The van der Waals surface area contributed by atoms with E-state index in [1.54, 1.807) is 0 Å². The Labute approximate surface area is 35.8 Å². The third-order valence-corrected chi connectivity index (χ3v) is 0.802. The van der Waals surface area contributed by atoms with Crippen LogP contribution in [0.5, 0.6) is 0 Å². The van der Waals surface area contributed by atoms with Crippen LogP contribution in [0.2, 0.25) is 0 Å². The number of carboxylic acid groups (broad SMARTS) is 1. The first-order valence-electron chi connectivity index (χ1n) is 1.88. The molecule has 1 fully saturated rings. The number of carboxylic acids is 1. The highest BCUT2D eigenvalue weighted by atomic mass is 16.4. The Balaban J connectivity index is 2.31. The molecule has 0 atom stereocenters. The van der Waals surface area contributed by atoms with Gasteiger partial charge in [-0.05, 0) is 0 Å². The molecule has 32 valence electrons. The first-order valence-corrected chi connectivity index (χ1v) is 1.88. The minimum Gasteiger partial charge on any atom is -0.445 e. The first-order chi connectivity index (χ1) is 2.80. The number of carbonyl (C=O) groups is 1. The number of hydrogen-bond acceptors (Lipinski definition) is 1. The van der Waals surface area contributed by atoms with Crippen molar-refractivity contribution >= 4 is 5.97 Å². The van der Waals surface area contributed by atoms with Crippen molar-refractivity contribution in [2.45, 2.75) is 12.8 Å². The molecule has 1 aliphatic carbocycles. The minimum atomic E-state index is -0.713. The van der Waals surface area contributed by atoms with Gasteiger partial charge >= 0.3 is 5.97 Å². The molecule has 0 spiro atoms. The fraction of sp³-hybridized carbons (Fsp3) is 0.500. The van der Waals surface area contributed by atoms with Gasteiger partial charge < -0.3 is 5.11 Å². The van der Waals surface area contributed by atoms with Gasteiger partial charge in [0.05, 0.1) is 0 Å². The van der Waals surface area contributed by atoms with Crippen LogP contribution in [0.1, 0.15) is 12.8 Å². The molecule has 0 radical (unpaired) electrons. The van der Waals surface area contributed by atoms with Crippen LogP contribution in [-0.2, 0) is 4.79 Å². The highest BCUT2D eigenvalue weighted by Crippen LogP contribution is 2.31. The molecule has 1 aliphatic rings. The van der Waals surface area contributed by atoms with Crippen LogP contribution in [0.15, 0.2) is 0 Å². The predicted octanol–water partition coefficient (Wildman–Crippen LogP) is 0.439. The lowest BCUT2D eigenvalue weighted by Gasteiger charge is -1.61. The van der Waals surface area contributed by atoms with Gasteiger partial charge in [-0.1, -0.05) is 0 Å². The molecule has 1 N–H and O–H groups in total. The molecule has 0 heterocycles. The van der Waals surface area contributed by atoms with E-state index in [4.69, 9.17) is 5.11 Å². The second kappa shape index (κ2) is 0.899. The standard InChI is InChI=1S/C4H4O2/c5-4(6)3-1-2-3/h1-2H2/p+1. The van der Waals surface area contributed by atoms with E-state index < -0.39 is 5.97 Å². The maximum Gasteiger partial charge on any atom is 0.496 e. The third kappa shape index (κ3) is 0.455. The maximum atomic E-state index is 9.72. The van der Waals surface area contributed by atoms with Gasteiger partial charge in [-0.3, -0.25) is 0 Å². The van der Waals surface area contributed by atoms with Crippen LogP contribution in [0, 0.1) is 5.92 Å². The van der Waals surface area contributed by atoms with Crippen LogP contribution >= 0.6 is 0 Å². The van der Waals surface area contributed by atoms with Crippen LogP contribution in [0.3, 0.4) is 0 Å². The summed E-state index contributed by atoms with van der Waals surface area (Å²) in [5.41, 5.74) is 0. The molecule has 0 aromatic carbocycles. The topological polar surface area (TPSA) is 37.3 Å². The Morgan fingerprint density at radius 3 is 2.17 bits per heavy atom. The van der Waals surface area contributed by atoms with Crippen molar-refractivity contribution in [2.75, 3.05) is 0 Å². The second-order valence-electron chi connectivity index (χ2n) is 1.41.